The van der Waals surface area contributed by atoms with Crippen LogP contribution in [0.25, 0.3) is 17.2 Å². The summed E-state index contributed by atoms with van der Waals surface area (Å²) in [7, 11) is 1.73. The number of hydrogen-bond donors (Lipinski definition) is 1. The van der Waals surface area contributed by atoms with Crippen LogP contribution in [0, 0.1) is 17.0 Å². The summed E-state index contributed by atoms with van der Waals surface area (Å²) in [5, 5.41) is 20.8. The van der Waals surface area contributed by atoms with E-state index in [0.717, 1.165) is 48.6 Å². The zero-order chi connectivity index (χ0) is 37.4. The van der Waals surface area contributed by atoms with Crippen molar-refractivity contribution >= 4 is 62.2 Å². The highest BCUT2D eigenvalue weighted by molar-refractivity contribution is 9.10. The Hall–Kier alpha value is -4.82. The molecule has 13 heteroatoms. The fourth-order valence-electron chi connectivity index (χ4n) is 6.88. The van der Waals surface area contributed by atoms with E-state index in [0.29, 0.717) is 48.3 Å². The third-order valence-corrected chi connectivity index (χ3v) is 11.3. The molecule has 0 amide bonds. The monoisotopic (exact) mass is 796 g/mol. The lowest BCUT2D eigenvalue weighted by atomic mass is 9.81. The van der Waals surface area contributed by atoms with Gasteiger partial charge in [-0.1, -0.05) is 66.2 Å². The van der Waals surface area contributed by atoms with Gasteiger partial charge in [-0.05, 0) is 58.3 Å². The number of thioether (sulfide) groups is 1. The number of oxazole rings is 1. The second-order valence-electron chi connectivity index (χ2n) is 13.6. The Morgan fingerprint density at radius 1 is 1.11 bits per heavy atom. The summed E-state index contributed by atoms with van der Waals surface area (Å²) >= 11 is 5.06. The number of fused-ring (bicyclic) bond motifs is 2. The molecule has 1 N–H and O–H groups in total. The van der Waals surface area contributed by atoms with Gasteiger partial charge in [-0.25, -0.2) is 0 Å². The molecule has 5 aromatic rings. The third kappa shape index (κ3) is 7.13. The van der Waals surface area contributed by atoms with Crippen LogP contribution < -0.4 is 9.47 Å². The molecule has 0 radical (unpaired) electrons. The first-order valence-electron chi connectivity index (χ1n) is 17.2. The molecule has 0 saturated carbocycles. The lowest BCUT2D eigenvalue weighted by molar-refractivity contribution is -0.669. The van der Waals surface area contributed by atoms with E-state index in [-0.39, 0.29) is 24.8 Å². The van der Waals surface area contributed by atoms with E-state index in [1.165, 1.54) is 18.0 Å². The molecule has 11 nitrogen and oxygen atoms in total. The van der Waals surface area contributed by atoms with Gasteiger partial charge in [-0.3, -0.25) is 4.79 Å². The Morgan fingerprint density at radius 3 is 2.64 bits per heavy atom. The van der Waals surface area contributed by atoms with Gasteiger partial charge in [-0.2, -0.15) is 4.57 Å². The number of rotatable bonds is 13. The number of ketones is 1. The van der Waals surface area contributed by atoms with E-state index in [2.05, 4.69) is 68.5 Å². The van der Waals surface area contributed by atoms with E-state index in [1.807, 2.05) is 61.5 Å². The predicted octanol–water partition coefficient (Wildman–Crippen LogP) is 7.33. The number of nitrogens with zero attached hydrogens (tertiary/aromatic N) is 5. The molecule has 3 heterocycles. The fraction of sp³-hybridized carbons (Fsp3) is 0.275. The average Bonchev–Trinajstić information content (AvgIpc) is 3.74. The second-order valence-corrected chi connectivity index (χ2v) is 15.5. The molecular formula is C40H39BrN5O6S+. The van der Waals surface area contributed by atoms with Crippen LogP contribution in [0.4, 0.5) is 11.5 Å². The summed E-state index contributed by atoms with van der Waals surface area (Å²) < 4.78 is 16.8. The van der Waals surface area contributed by atoms with Crippen LogP contribution in [0.3, 0.4) is 0 Å². The number of aliphatic hydroxyl groups excluding tert-OH is 1. The van der Waals surface area contributed by atoms with Crippen molar-refractivity contribution in [1.82, 2.24) is 9.55 Å². The van der Waals surface area contributed by atoms with E-state index < -0.39 is 10.3 Å². The predicted molar refractivity (Wildman–Crippen MR) is 208 cm³/mol. The number of allylic oxidation sites excluding steroid dienone is 4. The number of aliphatic hydroxyl groups is 1. The molecule has 0 spiro atoms. The van der Waals surface area contributed by atoms with Gasteiger partial charge in [0.25, 0.3) is 5.52 Å². The molecule has 2 aliphatic rings. The first kappa shape index (κ1) is 36.5. The number of imidazole rings is 1. The number of aromatic nitrogens is 3. The Morgan fingerprint density at radius 2 is 1.91 bits per heavy atom. The maximum absolute atomic E-state index is 14.4. The van der Waals surface area contributed by atoms with E-state index in [4.69, 9.17) is 9.15 Å². The summed E-state index contributed by atoms with van der Waals surface area (Å²) in [5.74, 6) is 0.999. The molecule has 0 unspecified atom stereocenters. The average molecular weight is 798 g/mol. The summed E-state index contributed by atoms with van der Waals surface area (Å²) in [4.78, 5) is 32.6. The van der Waals surface area contributed by atoms with Crippen molar-refractivity contribution in [1.29, 1.82) is 0 Å². The first-order chi connectivity index (χ1) is 25.5. The minimum Gasteiger partial charge on any atom is -0.398 e. The number of anilines is 1. The molecule has 0 atom stereocenters. The summed E-state index contributed by atoms with van der Waals surface area (Å²) in [6.45, 7) is 7.91. The topological polar surface area (TPSA) is 128 Å². The van der Waals surface area contributed by atoms with Crippen LogP contribution in [0.5, 0.6) is 0 Å². The second kappa shape index (κ2) is 14.9. The minimum atomic E-state index is -0.507. The number of aryl methyl sites for hydroxylation is 2. The molecule has 1 aliphatic carbocycles. The lowest BCUT2D eigenvalue weighted by Crippen LogP contribution is -2.36. The lowest BCUT2D eigenvalue weighted by Gasteiger charge is -2.30. The van der Waals surface area contributed by atoms with Gasteiger partial charge in [0.1, 0.15) is 6.20 Å². The van der Waals surface area contributed by atoms with Gasteiger partial charge >= 0.3 is 11.7 Å². The van der Waals surface area contributed by atoms with E-state index >= 15 is 0 Å². The Bertz CT molecular complexity index is 2340. The molecule has 3 aromatic carbocycles. The van der Waals surface area contributed by atoms with Crippen LogP contribution >= 0.6 is 27.7 Å². The third-order valence-electron chi connectivity index (χ3n) is 9.64. The van der Waals surface area contributed by atoms with Gasteiger partial charge in [0.05, 0.1) is 31.6 Å². The number of ether oxygens (including phenoxy) is 1. The molecule has 1 aliphatic heterocycles. The Kier molecular flexibility index (Phi) is 10.3. The molecule has 0 bridgehead atoms. The molecule has 7 rings (SSSR count). The van der Waals surface area contributed by atoms with Gasteiger partial charge in [0, 0.05) is 62.5 Å². The van der Waals surface area contributed by atoms with Crippen molar-refractivity contribution in [3.8, 4) is 0 Å². The van der Waals surface area contributed by atoms with Gasteiger partial charge in [-0.15, -0.1) is 11.8 Å². The molecule has 0 fully saturated rings. The van der Waals surface area contributed by atoms with Crippen molar-refractivity contribution in [2.24, 2.45) is 7.05 Å². The van der Waals surface area contributed by atoms with Crippen LogP contribution in [-0.2, 0) is 34.3 Å². The SMILES string of the molecule is Cc1ccc2c(c1)oc(/C=C1\C(=O)C(/C=C3/N(CCOCCO)c4ccc(Br)cc4C3(C)C)=C1SCc1nc([N+](=O)[O-])cn1C)[n+]2Cc1ccccc1. The van der Waals surface area contributed by atoms with Crippen molar-refractivity contribution < 1.29 is 28.5 Å². The quantitative estimate of drug-likeness (QED) is 0.0429. The highest BCUT2D eigenvalue weighted by atomic mass is 79.9. The zero-order valence-corrected chi connectivity index (χ0v) is 32.2. The van der Waals surface area contributed by atoms with Gasteiger partial charge in [0.2, 0.25) is 11.4 Å². The highest BCUT2D eigenvalue weighted by Gasteiger charge is 2.43. The maximum atomic E-state index is 14.4. The summed E-state index contributed by atoms with van der Waals surface area (Å²) in [6.07, 6.45) is 5.19. The molecule has 2 aromatic heterocycles. The number of halogens is 1. The number of nitro groups is 1. The molecular weight excluding hydrogens is 758 g/mol. The molecule has 53 heavy (non-hydrogen) atoms. The van der Waals surface area contributed by atoms with Gasteiger partial charge < -0.3 is 33.8 Å². The van der Waals surface area contributed by atoms with E-state index in [1.54, 1.807) is 11.6 Å². The van der Waals surface area contributed by atoms with Crippen LogP contribution in [-0.4, -0.2) is 51.7 Å². The molecule has 0 saturated heterocycles. The standard InChI is InChI=1S/C40H39BrN5O6S/c1-25-10-12-32-33(18-25)52-37(45(32)22-26-8-6-5-7-9-26)21-29-38(48)28(39(29)53-24-36-42-35(46(49)50)23-43(36)4)20-34-40(2,3)30-19-27(41)11-13-31(30)44(34)14-16-51-17-15-47/h5-13,18-21,23,47H,14-17,22,24H2,1-4H3/q+1. The smallest absolute Gasteiger partial charge is 0.381 e. The summed E-state index contributed by atoms with van der Waals surface area (Å²) in [5.41, 5.74) is 7.42. The van der Waals surface area contributed by atoms with Crippen LogP contribution in [0.2, 0.25) is 0 Å². The Labute approximate surface area is 319 Å². The van der Waals surface area contributed by atoms with Crippen LogP contribution in [0.1, 0.15) is 42.3 Å². The van der Waals surface area contributed by atoms with Crippen molar-refractivity contribution in [3.05, 3.63) is 144 Å². The van der Waals surface area contributed by atoms with E-state index in [9.17, 15) is 20.0 Å². The number of benzene rings is 3. The fourth-order valence-corrected chi connectivity index (χ4v) is 8.40. The maximum Gasteiger partial charge on any atom is 0.381 e. The van der Waals surface area contributed by atoms with Crippen molar-refractivity contribution in [3.63, 3.8) is 0 Å². The molecule has 272 valence electrons. The summed E-state index contributed by atoms with van der Waals surface area (Å²) in [6, 6.07) is 22.3. The zero-order valence-electron chi connectivity index (χ0n) is 29.8. The minimum absolute atomic E-state index is 0.0653. The number of Topliss-reactive ketones (excluding diaryl/α,β-unsaturated/α-hetero) is 1. The van der Waals surface area contributed by atoms with Crippen molar-refractivity contribution in [2.45, 2.75) is 38.5 Å². The van der Waals surface area contributed by atoms with Crippen molar-refractivity contribution in [2.75, 3.05) is 31.3 Å². The highest BCUT2D eigenvalue weighted by Crippen LogP contribution is 2.51. The number of carbonyl (C=O) groups is 1. The van der Waals surface area contributed by atoms with Gasteiger partial charge in [0.15, 0.2) is 12.3 Å². The number of hydrogen-bond acceptors (Lipinski definition) is 9. The number of carbonyl (C=O) groups excluding carboxylic acids is 1. The van der Waals surface area contributed by atoms with Crippen LogP contribution in [0.15, 0.2) is 110 Å². The first-order valence-corrected chi connectivity index (χ1v) is 19.0. The Balaban J connectivity index is 1.35. The largest absolute Gasteiger partial charge is 0.398 e. The normalized spacial score (nSPS) is 16.6.